The maximum atomic E-state index is 13.2. The van der Waals surface area contributed by atoms with Gasteiger partial charge in [-0.25, -0.2) is 4.39 Å². The van der Waals surface area contributed by atoms with E-state index in [1.807, 2.05) is 19.9 Å². The third-order valence-electron chi connectivity index (χ3n) is 4.33. The highest BCUT2D eigenvalue weighted by atomic mass is 19.1. The highest BCUT2D eigenvalue weighted by Gasteiger charge is 2.36. The van der Waals surface area contributed by atoms with Gasteiger partial charge in [-0.1, -0.05) is 18.2 Å². The summed E-state index contributed by atoms with van der Waals surface area (Å²) in [6.45, 7) is 3.74. The zero-order valence-corrected chi connectivity index (χ0v) is 13.1. The van der Waals surface area contributed by atoms with Gasteiger partial charge in [-0.05, 0) is 48.7 Å². The van der Waals surface area contributed by atoms with Gasteiger partial charge in [0.15, 0.2) is 5.43 Å². The minimum Gasteiger partial charge on any atom is -0.450 e. The van der Waals surface area contributed by atoms with Gasteiger partial charge in [0.25, 0.3) is 5.91 Å². The maximum absolute atomic E-state index is 13.2. The average Bonchev–Trinajstić information content (AvgIpc) is 2.87. The van der Waals surface area contributed by atoms with E-state index in [-0.39, 0.29) is 22.6 Å². The molecular weight excluding hydrogens is 309 g/mol. The lowest BCUT2D eigenvalue weighted by atomic mass is 9.98. The Kier molecular flexibility index (Phi) is 3.06. The van der Waals surface area contributed by atoms with E-state index in [0.717, 1.165) is 11.1 Å². The van der Waals surface area contributed by atoms with E-state index in [1.165, 1.54) is 12.1 Å². The Balaban J connectivity index is 2.02. The lowest BCUT2D eigenvalue weighted by Crippen LogP contribution is -2.21. The largest absolute Gasteiger partial charge is 0.450 e. The van der Waals surface area contributed by atoms with Crippen molar-refractivity contribution in [2.24, 2.45) is 0 Å². The molecule has 0 saturated carbocycles. The van der Waals surface area contributed by atoms with Gasteiger partial charge >= 0.3 is 0 Å². The monoisotopic (exact) mass is 323 g/mol. The molecule has 1 aliphatic rings. The predicted octanol–water partition coefficient (Wildman–Crippen LogP) is 3.38. The van der Waals surface area contributed by atoms with E-state index >= 15 is 0 Å². The number of hydrogen-bond donors (Lipinski definition) is 1. The number of amides is 1. The van der Waals surface area contributed by atoms with Gasteiger partial charge in [-0.2, -0.15) is 0 Å². The third-order valence-corrected chi connectivity index (χ3v) is 4.33. The summed E-state index contributed by atoms with van der Waals surface area (Å²) < 4.78 is 18.9. The number of fused-ring (bicyclic) bond motifs is 2. The van der Waals surface area contributed by atoms with Gasteiger partial charge in [0, 0.05) is 0 Å². The van der Waals surface area contributed by atoms with Crippen molar-refractivity contribution in [2.75, 3.05) is 0 Å². The van der Waals surface area contributed by atoms with Crippen LogP contribution < -0.4 is 10.7 Å². The quantitative estimate of drug-likeness (QED) is 0.747. The maximum Gasteiger partial charge on any atom is 0.288 e. The van der Waals surface area contributed by atoms with Crippen molar-refractivity contribution in [1.82, 2.24) is 5.32 Å². The number of benzene rings is 2. The topological polar surface area (TPSA) is 59.3 Å². The molecule has 2 heterocycles. The Morgan fingerprint density at radius 3 is 2.50 bits per heavy atom. The molecule has 120 valence electrons. The van der Waals surface area contributed by atoms with E-state index < -0.39 is 11.9 Å². The number of nitrogens with one attached hydrogen (secondary N) is 1. The fourth-order valence-corrected chi connectivity index (χ4v) is 3.27. The molecule has 4 rings (SSSR count). The summed E-state index contributed by atoms with van der Waals surface area (Å²) in [5.41, 5.74) is 2.87. The molecule has 4 nitrogen and oxygen atoms in total. The second kappa shape index (κ2) is 5.03. The lowest BCUT2D eigenvalue weighted by molar-refractivity contribution is 0.0938. The standard InChI is InChI=1S/C19H14FNO3/c1-9-7-10(2)17-13(8-9)16(22)14-15(21-19(23)18(14)24-17)11-3-5-12(20)6-4-11/h3-8,15H,1-2H3,(H,21,23). The first-order valence-corrected chi connectivity index (χ1v) is 7.60. The van der Waals surface area contributed by atoms with Gasteiger partial charge in [0.05, 0.1) is 17.0 Å². The first kappa shape index (κ1) is 14.6. The molecule has 0 bridgehead atoms. The van der Waals surface area contributed by atoms with E-state index in [0.29, 0.717) is 16.5 Å². The number of hydrogen-bond acceptors (Lipinski definition) is 3. The Bertz CT molecular complexity index is 1050. The molecule has 0 saturated heterocycles. The molecule has 24 heavy (non-hydrogen) atoms. The summed E-state index contributed by atoms with van der Waals surface area (Å²) in [6, 6.07) is 8.75. The molecule has 0 fully saturated rings. The van der Waals surface area contributed by atoms with Crippen molar-refractivity contribution in [3.63, 3.8) is 0 Å². The van der Waals surface area contributed by atoms with E-state index in [2.05, 4.69) is 5.32 Å². The van der Waals surface area contributed by atoms with E-state index in [1.54, 1.807) is 18.2 Å². The molecule has 1 unspecified atom stereocenters. The average molecular weight is 323 g/mol. The number of rotatable bonds is 1. The molecule has 0 radical (unpaired) electrons. The minimum atomic E-state index is -0.630. The minimum absolute atomic E-state index is 0.0359. The van der Waals surface area contributed by atoms with Crippen LogP contribution in [0.5, 0.6) is 0 Å². The van der Waals surface area contributed by atoms with Crippen LogP contribution in [-0.4, -0.2) is 5.91 Å². The molecule has 1 N–H and O–H groups in total. The smallest absolute Gasteiger partial charge is 0.288 e. The summed E-state index contributed by atoms with van der Waals surface area (Å²) in [7, 11) is 0. The van der Waals surface area contributed by atoms with Crippen molar-refractivity contribution >= 4 is 16.9 Å². The summed E-state index contributed by atoms with van der Waals surface area (Å²) in [5, 5.41) is 3.20. The number of carbonyl (C=O) groups excluding carboxylic acids is 1. The van der Waals surface area contributed by atoms with Crippen molar-refractivity contribution < 1.29 is 13.6 Å². The Morgan fingerprint density at radius 2 is 1.79 bits per heavy atom. The van der Waals surface area contributed by atoms with Crippen LogP contribution in [0.2, 0.25) is 0 Å². The number of aryl methyl sites for hydroxylation is 2. The molecule has 1 aromatic heterocycles. The van der Waals surface area contributed by atoms with Gasteiger partial charge in [-0.3, -0.25) is 9.59 Å². The fourth-order valence-electron chi connectivity index (χ4n) is 3.27. The molecule has 5 heteroatoms. The van der Waals surface area contributed by atoms with Crippen LogP contribution in [0.3, 0.4) is 0 Å². The number of carbonyl (C=O) groups is 1. The second-order valence-corrected chi connectivity index (χ2v) is 6.09. The van der Waals surface area contributed by atoms with Gasteiger partial charge in [0.1, 0.15) is 11.4 Å². The van der Waals surface area contributed by atoms with Crippen molar-refractivity contribution in [2.45, 2.75) is 19.9 Å². The molecule has 0 spiro atoms. The molecule has 1 atom stereocenters. The van der Waals surface area contributed by atoms with Crippen molar-refractivity contribution in [1.29, 1.82) is 0 Å². The molecular formula is C19H14FNO3. The van der Waals surface area contributed by atoms with Crippen LogP contribution in [0.1, 0.15) is 38.9 Å². The second-order valence-electron chi connectivity index (χ2n) is 6.09. The first-order valence-electron chi connectivity index (χ1n) is 7.60. The molecule has 2 aromatic carbocycles. The lowest BCUT2D eigenvalue weighted by Gasteiger charge is -2.12. The zero-order valence-electron chi connectivity index (χ0n) is 13.1. The van der Waals surface area contributed by atoms with E-state index in [9.17, 15) is 14.0 Å². The predicted molar refractivity (Wildman–Crippen MR) is 87.7 cm³/mol. The van der Waals surface area contributed by atoms with Crippen LogP contribution in [0.15, 0.2) is 45.6 Å². The summed E-state index contributed by atoms with van der Waals surface area (Å²) in [5.74, 6) is -0.771. The highest BCUT2D eigenvalue weighted by Crippen LogP contribution is 2.32. The fraction of sp³-hybridized carbons (Fsp3) is 0.158. The van der Waals surface area contributed by atoms with Crippen LogP contribution >= 0.6 is 0 Å². The van der Waals surface area contributed by atoms with Crippen molar-refractivity contribution in [3.8, 4) is 0 Å². The normalized spacial score (nSPS) is 16.3. The zero-order chi connectivity index (χ0) is 17.0. The summed E-state index contributed by atoms with van der Waals surface area (Å²) >= 11 is 0. The Morgan fingerprint density at radius 1 is 1.08 bits per heavy atom. The third kappa shape index (κ3) is 2.05. The molecule has 0 aliphatic carbocycles. The van der Waals surface area contributed by atoms with E-state index in [4.69, 9.17) is 4.42 Å². The Labute approximate surface area is 136 Å². The van der Waals surface area contributed by atoms with Gasteiger partial charge in [0.2, 0.25) is 5.76 Å². The summed E-state index contributed by atoms with van der Waals surface area (Å²) in [4.78, 5) is 25.3. The molecule has 3 aromatic rings. The van der Waals surface area contributed by atoms with Crippen LogP contribution in [0, 0.1) is 19.7 Å². The van der Waals surface area contributed by atoms with Crippen LogP contribution in [0.4, 0.5) is 4.39 Å². The van der Waals surface area contributed by atoms with Crippen LogP contribution in [-0.2, 0) is 0 Å². The SMILES string of the molecule is Cc1cc(C)c2oc3c(c(=O)c2c1)C(c1ccc(F)cc1)NC3=O. The van der Waals surface area contributed by atoms with Gasteiger partial charge < -0.3 is 9.73 Å². The first-order chi connectivity index (χ1) is 11.5. The van der Waals surface area contributed by atoms with Crippen molar-refractivity contribution in [3.05, 3.63) is 80.5 Å². The Hall–Kier alpha value is -2.95. The van der Waals surface area contributed by atoms with Gasteiger partial charge in [-0.15, -0.1) is 0 Å². The molecule has 1 aliphatic heterocycles. The number of halogens is 1. The molecule has 1 amide bonds. The van der Waals surface area contributed by atoms with Crippen LogP contribution in [0.25, 0.3) is 11.0 Å². The summed E-state index contributed by atoms with van der Waals surface area (Å²) in [6.07, 6.45) is 0. The highest BCUT2D eigenvalue weighted by molar-refractivity contribution is 5.99.